The first kappa shape index (κ1) is 17.1. The van der Waals surface area contributed by atoms with E-state index in [0.29, 0.717) is 23.9 Å². The van der Waals surface area contributed by atoms with Crippen molar-refractivity contribution in [3.63, 3.8) is 0 Å². The molecule has 0 spiro atoms. The van der Waals surface area contributed by atoms with Gasteiger partial charge in [0, 0.05) is 24.0 Å². The molecular weight excluding hydrogens is 272 g/mol. The molecule has 0 aromatic carbocycles. The summed E-state index contributed by atoms with van der Waals surface area (Å²) >= 11 is 1.34. The van der Waals surface area contributed by atoms with E-state index < -0.39 is 6.10 Å². The Morgan fingerprint density at radius 3 is 2.45 bits per heavy atom. The quantitative estimate of drug-likeness (QED) is 0.813. The Balaban J connectivity index is 2.78. The molecule has 3 N–H and O–H groups in total. The van der Waals surface area contributed by atoms with E-state index in [4.69, 9.17) is 5.73 Å². The van der Waals surface area contributed by atoms with E-state index in [1.165, 1.54) is 11.3 Å². The number of aliphatic hydroxyl groups excluding tert-OH is 1. The Morgan fingerprint density at radius 1 is 1.35 bits per heavy atom. The molecule has 1 aromatic heterocycles. The second-order valence-corrected chi connectivity index (χ2v) is 6.53. The summed E-state index contributed by atoms with van der Waals surface area (Å²) in [5, 5.41) is 10.2. The first-order chi connectivity index (χ1) is 9.40. The minimum atomic E-state index is -0.694. The molecule has 114 valence electrons. The standard InChI is InChI=1S/C15H26N2O2S/c1-5-17(6-2)15(19)13-8-7-12(20-13)14(18)11(16)9-10(3)4/h7-8,10-11,14,18H,5-6,9,16H2,1-4H3/t11-,14+/m0/s1. The fraction of sp³-hybridized carbons (Fsp3) is 0.667. The monoisotopic (exact) mass is 298 g/mol. The highest BCUT2D eigenvalue weighted by molar-refractivity contribution is 7.14. The van der Waals surface area contributed by atoms with E-state index in [1.807, 2.05) is 19.9 Å². The van der Waals surface area contributed by atoms with E-state index >= 15 is 0 Å². The van der Waals surface area contributed by atoms with Crippen LogP contribution in [0.3, 0.4) is 0 Å². The zero-order valence-corrected chi connectivity index (χ0v) is 13.6. The molecular formula is C15H26N2O2S. The molecule has 0 aliphatic carbocycles. The van der Waals surface area contributed by atoms with Crippen molar-refractivity contribution >= 4 is 17.2 Å². The molecule has 1 aromatic rings. The SMILES string of the molecule is CCN(CC)C(=O)c1ccc([C@H](O)[C@@H](N)CC(C)C)s1. The van der Waals surface area contributed by atoms with Crippen LogP contribution < -0.4 is 5.73 Å². The van der Waals surface area contributed by atoms with Crippen molar-refractivity contribution in [3.05, 3.63) is 21.9 Å². The molecule has 20 heavy (non-hydrogen) atoms. The van der Waals surface area contributed by atoms with E-state index in [-0.39, 0.29) is 11.9 Å². The number of nitrogens with two attached hydrogens (primary N) is 1. The molecule has 0 saturated heterocycles. The van der Waals surface area contributed by atoms with Gasteiger partial charge in [-0.3, -0.25) is 4.79 Å². The lowest BCUT2D eigenvalue weighted by Crippen LogP contribution is -2.30. The van der Waals surface area contributed by atoms with Crippen LogP contribution in [0.4, 0.5) is 0 Å². The molecule has 0 bridgehead atoms. The second kappa shape index (κ2) is 7.76. The van der Waals surface area contributed by atoms with Crippen LogP contribution in [0.25, 0.3) is 0 Å². The molecule has 0 radical (unpaired) electrons. The van der Waals surface area contributed by atoms with Crippen molar-refractivity contribution in [3.8, 4) is 0 Å². The molecule has 0 aliphatic rings. The average molecular weight is 298 g/mol. The van der Waals surface area contributed by atoms with Crippen LogP contribution in [0.1, 0.15) is 54.8 Å². The molecule has 0 saturated carbocycles. The number of carbonyl (C=O) groups is 1. The van der Waals surface area contributed by atoms with Crippen LogP contribution in [0, 0.1) is 5.92 Å². The van der Waals surface area contributed by atoms with Crippen molar-refractivity contribution < 1.29 is 9.90 Å². The van der Waals surface area contributed by atoms with Crippen LogP contribution in [0.15, 0.2) is 12.1 Å². The van der Waals surface area contributed by atoms with Crippen LogP contribution in [-0.4, -0.2) is 35.0 Å². The summed E-state index contributed by atoms with van der Waals surface area (Å²) in [7, 11) is 0. The smallest absolute Gasteiger partial charge is 0.263 e. The van der Waals surface area contributed by atoms with Gasteiger partial charge in [0.2, 0.25) is 0 Å². The van der Waals surface area contributed by atoms with Gasteiger partial charge in [-0.1, -0.05) is 13.8 Å². The third-order valence-electron chi connectivity index (χ3n) is 3.33. The first-order valence-corrected chi connectivity index (χ1v) is 8.04. The average Bonchev–Trinajstić information content (AvgIpc) is 2.87. The first-order valence-electron chi connectivity index (χ1n) is 7.23. The van der Waals surface area contributed by atoms with Gasteiger partial charge in [-0.15, -0.1) is 11.3 Å². The number of amides is 1. The third kappa shape index (κ3) is 4.30. The van der Waals surface area contributed by atoms with E-state index in [0.717, 1.165) is 11.3 Å². The number of hydrogen-bond donors (Lipinski definition) is 2. The van der Waals surface area contributed by atoms with Gasteiger partial charge in [0.1, 0.15) is 6.10 Å². The van der Waals surface area contributed by atoms with Gasteiger partial charge < -0.3 is 15.7 Å². The molecule has 0 fully saturated rings. The molecule has 2 atom stereocenters. The maximum Gasteiger partial charge on any atom is 0.263 e. The Bertz CT molecular complexity index is 427. The van der Waals surface area contributed by atoms with Crippen molar-refractivity contribution in [2.24, 2.45) is 11.7 Å². The van der Waals surface area contributed by atoms with Crippen molar-refractivity contribution in [1.82, 2.24) is 4.90 Å². The highest BCUT2D eigenvalue weighted by atomic mass is 32.1. The lowest BCUT2D eigenvalue weighted by molar-refractivity contribution is 0.0778. The zero-order valence-electron chi connectivity index (χ0n) is 12.8. The number of thiophene rings is 1. The number of rotatable bonds is 7. The second-order valence-electron chi connectivity index (χ2n) is 5.42. The van der Waals surface area contributed by atoms with Gasteiger partial charge in [-0.25, -0.2) is 0 Å². The maximum absolute atomic E-state index is 12.2. The minimum absolute atomic E-state index is 0.0240. The molecule has 1 rings (SSSR count). The van der Waals surface area contributed by atoms with Crippen LogP contribution in [0.5, 0.6) is 0 Å². The topological polar surface area (TPSA) is 66.6 Å². The summed E-state index contributed by atoms with van der Waals surface area (Å²) in [5.74, 6) is 0.465. The number of aliphatic hydroxyl groups is 1. The van der Waals surface area contributed by atoms with Crippen LogP contribution in [0.2, 0.25) is 0 Å². The predicted octanol–water partition coefficient (Wildman–Crippen LogP) is 2.64. The highest BCUT2D eigenvalue weighted by Gasteiger charge is 2.22. The summed E-state index contributed by atoms with van der Waals surface area (Å²) in [4.78, 5) is 15.4. The summed E-state index contributed by atoms with van der Waals surface area (Å²) in [6, 6.07) is 3.31. The predicted molar refractivity (Wildman–Crippen MR) is 84.0 cm³/mol. The molecule has 5 heteroatoms. The lowest BCUT2D eigenvalue weighted by Gasteiger charge is -2.19. The number of hydrogen-bond acceptors (Lipinski definition) is 4. The third-order valence-corrected chi connectivity index (χ3v) is 4.47. The Morgan fingerprint density at radius 2 is 1.95 bits per heavy atom. The van der Waals surface area contributed by atoms with Gasteiger partial charge in [0.15, 0.2) is 0 Å². The van der Waals surface area contributed by atoms with Gasteiger partial charge >= 0.3 is 0 Å². The fourth-order valence-corrected chi connectivity index (χ4v) is 3.22. The van der Waals surface area contributed by atoms with Crippen molar-refractivity contribution in [2.75, 3.05) is 13.1 Å². The van der Waals surface area contributed by atoms with E-state index in [9.17, 15) is 9.90 Å². The molecule has 1 heterocycles. The van der Waals surface area contributed by atoms with E-state index in [1.54, 1.807) is 11.0 Å². The Labute approximate surface area is 125 Å². The van der Waals surface area contributed by atoms with Gasteiger partial charge in [0.25, 0.3) is 5.91 Å². The maximum atomic E-state index is 12.2. The van der Waals surface area contributed by atoms with Crippen molar-refractivity contribution in [1.29, 1.82) is 0 Å². The Kier molecular flexibility index (Phi) is 6.65. The van der Waals surface area contributed by atoms with Crippen LogP contribution >= 0.6 is 11.3 Å². The van der Waals surface area contributed by atoms with Gasteiger partial charge in [-0.05, 0) is 38.3 Å². The molecule has 4 nitrogen and oxygen atoms in total. The van der Waals surface area contributed by atoms with Crippen molar-refractivity contribution in [2.45, 2.75) is 46.3 Å². The van der Waals surface area contributed by atoms with E-state index in [2.05, 4.69) is 13.8 Å². The van der Waals surface area contributed by atoms with Crippen LogP contribution in [-0.2, 0) is 0 Å². The molecule has 0 aliphatic heterocycles. The normalized spacial score (nSPS) is 14.3. The largest absolute Gasteiger partial charge is 0.386 e. The zero-order chi connectivity index (χ0) is 15.3. The molecule has 1 amide bonds. The van der Waals surface area contributed by atoms with Gasteiger partial charge in [-0.2, -0.15) is 0 Å². The summed E-state index contributed by atoms with van der Waals surface area (Å²) in [6.07, 6.45) is 0.0685. The summed E-state index contributed by atoms with van der Waals surface area (Å²) < 4.78 is 0. The number of nitrogens with zero attached hydrogens (tertiary/aromatic N) is 1. The molecule has 0 unspecified atom stereocenters. The fourth-order valence-electron chi connectivity index (χ4n) is 2.18. The Hall–Kier alpha value is -0.910. The highest BCUT2D eigenvalue weighted by Crippen LogP contribution is 2.27. The lowest BCUT2D eigenvalue weighted by atomic mass is 9.99. The van der Waals surface area contributed by atoms with Gasteiger partial charge in [0.05, 0.1) is 4.88 Å². The summed E-state index contributed by atoms with van der Waals surface area (Å²) in [6.45, 7) is 9.47. The minimum Gasteiger partial charge on any atom is -0.386 e. The number of carbonyl (C=O) groups excluding carboxylic acids is 1. The summed E-state index contributed by atoms with van der Waals surface area (Å²) in [5.41, 5.74) is 6.01.